The van der Waals surface area contributed by atoms with Crippen LogP contribution in [-0.4, -0.2) is 61.5 Å². The Bertz CT molecular complexity index is 256. The molecule has 2 rings (SSSR count). The van der Waals surface area contributed by atoms with E-state index in [1.807, 2.05) is 0 Å². The number of nitrogens with zero attached hydrogens (tertiary/aromatic N) is 2. The molecule has 0 spiro atoms. The van der Waals surface area contributed by atoms with Gasteiger partial charge in [-0.05, 0) is 58.9 Å². The Morgan fingerprint density at radius 3 is 2.44 bits per heavy atom. The third kappa shape index (κ3) is 4.58. The van der Waals surface area contributed by atoms with Gasteiger partial charge in [-0.3, -0.25) is 4.79 Å². The van der Waals surface area contributed by atoms with Crippen molar-refractivity contribution < 1.29 is 4.79 Å². The van der Waals surface area contributed by atoms with E-state index in [1.54, 1.807) is 0 Å². The predicted octanol–water partition coefficient (Wildman–Crippen LogP) is 1.07. The van der Waals surface area contributed by atoms with Crippen molar-refractivity contribution in [3.63, 3.8) is 0 Å². The van der Waals surface area contributed by atoms with Gasteiger partial charge in [0.15, 0.2) is 0 Å². The molecule has 2 aliphatic rings. The second kappa shape index (κ2) is 7.10. The lowest BCUT2D eigenvalue weighted by Gasteiger charge is -2.30. The molecule has 0 unspecified atom stereocenters. The van der Waals surface area contributed by atoms with E-state index in [4.69, 9.17) is 0 Å². The Hall–Kier alpha value is -0.610. The van der Waals surface area contributed by atoms with Crippen LogP contribution in [0.25, 0.3) is 0 Å². The molecule has 104 valence electrons. The molecule has 0 radical (unpaired) electrons. The Balaban J connectivity index is 1.59. The van der Waals surface area contributed by atoms with Crippen molar-refractivity contribution in [1.29, 1.82) is 0 Å². The van der Waals surface area contributed by atoms with Crippen molar-refractivity contribution in [2.45, 2.75) is 44.6 Å². The van der Waals surface area contributed by atoms with Gasteiger partial charge in [-0.2, -0.15) is 0 Å². The molecule has 2 saturated heterocycles. The molecule has 0 bridgehead atoms. The van der Waals surface area contributed by atoms with Crippen molar-refractivity contribution in [3.8, 4) is 0 Å². The standard InChI is InChI=1S/C14H27N3O/c1-16-10-5-13(6-11-16)15-14(18)7-12-17-8-3-2-4-9-17/h13H,2-12H2,1H3,(H,15,18). The molecule has 4 nitrogen and oxygen atoms in total. The number of hydrogen-bond acceptors (Lipinski definition) is 3. The molecular weight excluding hydrogens is 226 g/mol. The average Bonchev–Trinajstić information content (AvgIpc) is 2.40. The lowest BCUT2D eigenvalue weighted by atomic mass is 10.1. The number of carbonyl (C=O) groups is 1. The normalized spacial score (nSPS) is 24.1. The first-order valence-corrected chi connectivity index (χ1v) is 7.44. The van der Waals surface area contributed by atoms with Gasteiger partial charge in [0, 0.05) is 19.0 Å². The smallest absolute Gasteiger partial charge is 0.221 e. The fourth-order valence-corrected chi connectivity index (χ4v) is 2.90. The Kier molecular flexibility index (Phi) is 5.45. The first-order chi connectivity index (χ1) is 8.74. The van der Waals surface area contributed by atoms with Crippen molar-refractivity contribution in [2.75, 3.05) is 39.8 Å². The maximum Gasteiger partial charge on any atom is 0.221 e. The molecule has 2 fully saturated rings. The average molecular weight is 253 g/mol. The molecule has 0 atom stereocenters. The molecule has 1 amide bonds. The van der Waals surface area contributed by atoms with E-state index < -0.39 is 0 Å². The quantitative estimate of drug-likeness (QED) is 0.814. The number of rotatable bonds is 4. The van der Waals surface area contributed by atoms with E-state index in [-0.39, 0.29) is 5.91 Å². The molecule has 2 aliphatic heterocycles. The highest BCUT2D eigenvalue weighted by atomic mass is 16.1. The summed E-state index contributed by atoms with van der Waals surface area (Å²) in [5.74, 6) is 0.245. The molecule has 0 saturated carbocycles. The van der Waals surface area contributed by atoms with Crippen LogP contribution in [0.15, 0.2) is 0 Å². The van der Waals surface area contributed by atoms with Gasteiger partial charge in [-0.15, -0.1) is 0 Å². The summed E-state index contributed by atoms with van der Waals surface area (Å²) in [6.07, 6.45) is 6.84. The molecule has 2 heterocycles. The van der Waals surface area contributed by atoms with E-state index >= 15 is 0 Å². The molecule has 18 heavy (non-hydrogen) atoms. The molecule has 0 aromatic carbocycles. The Labute approximate surface area is 111 Å². The number of piperidine rings is 2. The summed E-state index contributed by atoms with van der Waals surface area (Å²) in [6.45, 7) is 5.52. The van der Waals surface area contributed by atoms with Gasteiger partial charge < -0.3 is 15.1 Å². The zero-order valence-electron chi connectivity index (χ0n) is 11.7. The van der Waals surface area contributed by atoms with Crippen LogP contribution in [-0.2, 0) is 4.79 Å². The lowest BCUT2D eigenvalue weighted by Crippen LogP contribution is -2.44. The van der Waals surface area contributed by atoms with Crippen molar-refractivity contribution in [2.24, 2.45) is 0 Å². The summed E-state index contributed by atoms with van der Waals surface area (Å²) in [6, 6.07) is 0.412. The minimum Gasteiger partial charge on any atom is -0.353 e. The Morgan fingerprint density at radius 1 is 1.11 bits per heavy atom. The predicted molar refractivity (Wildman–Crippen MR) is 73.6 cm³/mol. The van der Waals surface area contributed by atoms with Crippen LogP contribution >= 0.6 is 0 Å². The minimum atomic E-state index is 0.245. The van der Waals surface area contributed by atoms with Gasteiger partial charge in [0.25, 0.3) is 0 Å². The zero-order chi connectivity index (χ0) is 12.8. The Morgan fingerprint density at radius 2 is 1.78 bits per heavy atom. The van der Waals surface area contributed by atoms with Gasteiger partial charge in [0.2, 0.25) is 5.91 Å². The highest BCUT2D eigenvalue weighted by Crippen LogP contribution is 2.10. The van der Waals surface area contributed by atoms with Crippen LogP contribution in [0.4, 0.5) is 0 Å². The maximum atomic E-state index is 11.9. The monoisotopic (exact) mass is 253 g/mol. The maximum absolute atomic E-state index is 11.9. The molecular formula is C14H27N3O. The third-order valence-corrected chi connectivity index (χ3v) is 4.19. The fourth-order valence-electron chi connectivity index (χ4n) is 2.90. The highest BCUT2D eigenvalue weighted by molar-refractivity contribution is 5.76. The van der Waals surface area contributed by atoms with Crippen LogP contribution < -0.4 is 5.32 Å². The van der Waals surface area contributed by atoms with E-state index in [1.165, 1.54) is 32.4 Å². The van der Waals surface area contributed by atoms with Gasteiger partial charge in [0.1, 0.15) is 0 Å². The van der Waals surface area contributed by atoms with Crippen LogP contribution in [0.5, 0.6) is 0 Å². The van der Waals surface area contributed by atoms with E-state index in [9.17, 15) is 4.79 Å². The van der Waals surface area contributed by atoms with Crippen LogP contribution in [0.3, 0.4) is 0 Å². The molecule has 0 aliphatic carbocycles. The van der Waals surface area contributed by atoms with Gasteiger partial charge >= 0.3 is 0 Å². The molecule has 0 aromatic heterocycles. The van der Waals surface area contributed by atoms with Gasteiger partial charge in [0.05, 0.1) is 0 Å². The van der Waals surface area contributed by atoms with E-state index in [0.29, 0.717) is 12.5 Å². The number of hydrogen-bond donors (Lipinski definition) is 1. The van der Waals surface area contributed by atoms with Crippen LogP contribution in [0.2, 0.25) is 0 Å². The van der Waals surface area contributed by atoms with Crippen molar-refractivity contribution in [3.05, 3.63) is 0 Å². The summed E-state index contributed by atoms with van der Waals surface area (Å²) in [5.41, 5.74) is 0. The fraction of sp³-hybridized carbons (Fsp3) is 0.929. The second-order valence-corrected chi connectivity index (χ2v) is 5.80. The summed E-state index contributed by atoms with van der Waals surface area (Å²) in [4.78, 5) is 16.6. The largest absolute Gasteiger partial charge is 0.353 e. The second-order valence-electron chi connectivity index (χ2n) is 5.80. The molecule has 4 heteroatoms. The van der Waals surface area contributed by atoms with Gasteiger partial charge in [-0.1, -0.05) is 6.42 Å². The summed E-state index contributed by atoms with van der Waals surface area (Å²) in [7, 11) is 2.15. The topological polar surface area (TPSA) is 35.6 Å². The highest BCUT2D eigenvalue weighted by Gasteiger charge is 2.18. The summed E-state index contributed by atoms with van der Waals surface area (Å²) < 4.78 is 0. The van der Waals surface area contributed by atoms with Crippen molar-refractivity contribution in [1.82, 2.24) is 15.1 Å². The third-order valence-electron chi connectivity index (χ3n) is 4.19. The number of likely N-dealkylation sites (tertiary alicyclic amines) is 2. The van der Waals surface area contributed by atoms with Crippen LogP contribution in [0, 0.1) is 0 Å². The number of nitrogens with one attached hydrogen (secondary N) is 1. The molecule has 1 N–H and O–H groups in total. The minimum absolute atomic E-state index is 0.245. The SMILES string of the molecule is CN1CCC(NC(=O)CCN2CCCCC2)CC1. The first kappa shape index (κ1) is 13.8. The van der Waals surface area contributed by atoms with Gasteiger partial charge in [-0.25, -0.2) is 0 Å². The van der Waals surface area contributed by atoms with Crippen molar-refractivity contribution >= 4 is 5.91 Å². The summed E-state index contributed by atoms with van der Waals surface area (Å²) >= 11 is 0. The zero-order valence-corrected chi connectivity index (χ0v) is 11.7. The number of amides is 1. The molecule has 0 aromatic rings. The first-order valence-electron chi connectivity index (χ1n) is 7.44. The summed E-state index contributed by atoms with van der Waals surface area (Å²) in [5, 5.41) is 3.19. The van der Waals surface area contributed by atoms with E-state index in [0.717, 1.165) is 32.5 Å². The lowest BCUT2D eigenvalue weighted by molar-refractivity contribution is -0.122. The number of carbonyl (C=O) groups excluding carboxylic acids is 1. The van der Waals surface area contributed by atoms with Crippen LogP contribution in [0.1, 0.15) is 38.5 Å². The van der Waals surface area contributed by atoms with E-state index in [2.05, 4.69) is 22.2 Å².